The second-order valence-corrected chi connectivity index (χ2v) is 20.9. The lowest BCUT2D eigenvalue weighted by molar-refractivity contribution is 0.382. The first-order valence-electron chi connectivity index (χ1n) is 22.7. The summed E-state index contributed by atoms with van der Waals surface area (Å²) in [5, 5.41) is 0. The van der Waals surface area contributed by atoms with Crippen molar-refractivity contribution in [2.45, 2.75) is 123 Å². The number of rotatable bonds is 15. The fraction of sp³-hybridized carbons (Fsp3) is 0.368. The summed E-state index contributed by atoms with van der Waals surface area (Å²) in [6, 6.07) is 49.1. The molecule has 1 nitrogen and oxygen atoms in total. The van der Waals surface area contributed by atoms with Crippen LogP contribution in [0, 0.1) is 11.8 Å². The average Bonchev–Trinajstić information content (AvgIpc) is 3.71. The number of halogens is 2. The van der Waals surface area contributed by atoms with Crippen LogP contribution in [0.25, 0.3) is 22.3 Å². The van der Waals surface area contributed by atoms with E-state index in [9.17, 15) is 0 Å². The molecule has 1 spiro atoms. The molecule has 3 atom stereocenters. The Morgan fingerprint density at radius 2 is 1.12 bits per heavy atom. The fourth-order valence-corrected chi connectivity index (χ4v) is 12.1. The standard InChI is InChI=1S/C57H63Br2N/c1-9-55(7,34-18-20-38(3)4)40-32-33-44-43-24-11-13-26-46(43)57(49(44)36-40)47-27-14-12-25-45(47)53-48(57)28-16-30-51(53)60(42-23-15-22-41(58)37-42)52-31-17-29-50(59)54(52)56(8,10-2)35-19-21-39(5)6/h11-17,22-33,36-39H,9-10,18-21,34-35H2,1-8H3. The zero-order valence-corrected chi connectivity index (χ0v) is 40.3. The highest BCUT2D eigenvalue weighted by atomic mass is 79.9. The van der Waals surface area contributed by atoms with Crippen LogP contribution in [-0.4, -0.2) is 0 Å². The topological polar surface area (TPSA) is 3.24 Å². The van der Waals surface area contributed by atoms with Crippen LogP contribution in [-0.2, 0) is 16.2 Å². The fourth-order valence-electron chi connectivity index (χ4n) is 10.9. The maximum absolute atomic E-state index is 4.16. The number of benzene rings is 6. The molecule has 6 aromatic rings. The SMILES string of the molecule is CCC(C)(CCCC(C)C)c1ccc2c(c1)C1(c3ccccc3-2)c2ccccc2-c2c(N(c3cccc(Br)c3)c3cccc(Br)c3C(C)(CC)CCCC(C)C)cccc21. The Morgan fingerprint density at radius 1 is 0.550 bits per heavy atom. The quantitative estimate of drug-likeness (QED) is 0.0990. The van der Waals surface area contributed by atoms with Gasteiger partial charge in [-0.2, -0.15) is 0 Å². The predicted octanol–water partition coefficient (Wildman–Crippen LogP) is 18.0. The monoisotopic (exact) mass is 919 g/mol. The van der Waals surface area contributed by atoms with E-state index in [0.29, 0.717) is 5.92 Å². The van der Waals surface area contributed by atoms with Gasteiger partial charge in [-0.15, -0.1) is 0 Å². The highest BCUT2D eigenvalue weighted by Gasteiger charge is 2.53. The molecule has 0 saturated heterocycles. The van der Waals surface area contributed by atoms with Crippen molar-refractivity contribution in [1.82, 2.24) is 0 Å². The molecule has 0 bridgehead atoms. The molecule has 310 valence electrons. The number of hydrogen-bond acceptors (Lipinski definition) is 1. The van der Waals surface area contributed by atoms with Gasteiger partial charge in [0.1, 0.15) is 0 Å². The van der Waals surface area contributed by atoms with Gasteiger partial charge < -0.3 is 4.90 Å². The maximum atomic E-state index is 4.16. The van der Waals surface area contributed by atoms with E-state index in [2.05, 4.69) is 220 Å². The van der Waals surface area contributed by atoms with Gasteiger partial charge in [-0.05, 0) is 135 Å². The molecule has 0 saturated carbocycles. The van der Waals surface area contributed by atoms with Crippen LogP contribution in [0.1, 0.15) is 140 Å². The number of fused-ring (bicyclic) bond motifs is 10. The van der Waals surface area contributed by atoms with Crippen molar-refractivity contribution in [3.05, 3.63) is 170 Å². The molecule has 0 aromatic heterocycles. The lowest BCUT2D eigenvalue weighted by Crippen LogP contribution is -2.28. The van der Waals surface area contributed by atoms with Crippen LogP contribution >= 0.6 is 31.9 Å². The minimum Gasteiger partial charge on any atom is -0.309 e. The predicted molar refractivity (Wildman–Crippen MR) is 265 cm³/mol. The molecule has 60 heavy (non-hydrogen) atoms. The molecule has 6 aromatic carbocycles. The van der Waals surface area contributed by atoms with Gasteiger partial charge in [-0.25, -0.2) is 0 Å². The van der Waals surface area contributed by atoms with E-state index < -0.39 is 5.41 Å². The van der Waals surface area contributed by atoms with Crippen LogP contribution in [0.2, 0.25) is 0 Å². The molecular formula is C57H63Br2N. The molecule has 3 unspecified atom stereocenters. The van der Waals surface area contributed by atoms with Gasteiger partial charge in [0.2, 0.25) is 0 Å². The third kappa shape index (κ3) is 7.24. The molecule has 0 heterocycles. The van der Waals surface area contributed by atoms with Gasteiger partial charge in [-0.1, -0.05) is 204 Å². The van der Waals surface area contributed by atoms with E-state index in [1.807, 2.05) is 0 Å². The normalized spacial score (nSPS) is 17.0. The highest BCUT2D eigenvalue weighted by molar-refractivity contribution is 9.10. The summed E-state index contributed by atoms with van der Waals surface area (Å²) in [6.45, 7) is 19.2. The summed E-state index contributed by atoms with van der Waals surface area (Å²) in [6.07, 6.45) is 9.44. The Morgan fingerprint density at radius 3 is 1.78 bits per heavy atom. The lowest BCUT2D eigenvalue weighted by Gasteiger charge is -2.37. The first-order valence-corrected chi connectivity index (χ1v) is 24.3. The second kappa shape index (κ2) is 17.1. The minimum atomic E-state index is -0.450. The van der Waals surface area contributed by atoms with Gasteiger partial charge >= 0.3 is 0 Å². The van der Waals surface area contributed by atoms with Gasteiger partial charge in [0.05, 0.1) is 16.8 Å². The Bertz CT molecular complexity index is 2510. The molecule has 0 aliphatic heterocycles. The van der Waals surface area contributed by atoms with Crippen LogP contribution in [0.5, 0.6) is 0 Å². The third-order valence-corrected chi connectivity index (χ3v) is 15.7. The zero-order valence-electron chi connectivity index (χ0n) is 37.1. The Hall–Kier alpha value is -3.92. The van der Waals surface area contributed by atoms with E-state index in [0.717, 1.165) is 35.3 Å². The van der Waals surface area contributed by atoms with E-state index in [4.69, 9.17) is 0 Å². The molecule has 0 fully saturated rings. The lowest BCUT2D eigenvalue weighted by atomic mass is 9.68. The third-order valence-electron chi connectivity index (χ3n) is 14.5. The van der Waals surface area contributed by atoms with Crippen molar-refractivity contribution in [3.63, 3.8) is 0 Å². The van der Waals surface area contributed by atoms with Gasteiger partial charge in [0.15, 0.2) is 0 Å². The summed E-state index contributed by atoms with van der Waals surface area (Å²) in [5.74, 6) is 1.40. The van der Waals surface area contributed by atoms with E-state index in [1.54, 1.807) is 0 Å². The Balaban J connectivity index is 1.41. The summed E-state index contributed by atoms with van der Waals surface area (Å²) in [4.78, 5) is 2.58. The number of hydrogen-bond donors (Lipinski definition) is 0. The Kier molecular flexibility index (Phi) is 12.2. The molecule has 0 N–H and O–H groups in total. The van der Waals surface area contributed by atoms with Crippen LogP contribution in [0.15, 0.2) is 136 Å². The van der Waals surface area contributed by atoms with E-state index in [-0.39, 0.29) is 10.8 Å². The summed E-state index contributed by atoms with van der Waals surface area (Å²) in [7, 11) is 0. The van der Waals surface area contributed by atoms with Gasteiger partial charge in [-0.3, -0.25) is 0 Å². The van der Waals surface area contributed by atoms with Crippen LogP contribution in [0.4, 0.5) is 17.1 Å². The average molecular weight is 922 g/mol. The van der Waals surface area contributed by atoms with Crippen molar-refractivity contribution in [3.8, 4) is 22.3 Å². The minimum absolute atomic E-state index is 0.0352. The maximum Gasteiger partial charge on any atom is 0.0726 e. The van der Waals surface area contributed by atoms with Gasteiger partial charge in [0, 0.05) is 20.2 Å². The first-order chi connectivity index (χ1) is 28.9. The van der Waals surface area contributed by atoms with Crippen molar-refractivity contribution in [1.29, 1.82) is 0 Å². The number of nitrogens with zero attached hydrogens (tertiary/aromatic N) is 1. The zero-order chi connectivity index (χ0) is 42.4. The smallest absolute Gasteiger partial charge is 0.0726 e. The summed E-state index contributed by atoms with van der Waals surface area (Å²) in [5.41, 5.74) is 17.0. The molecule has 8 rings (SSSR count). The summed E-state index contributed by atoms with van der Waals surface area (Å²) >= 11 is 8.06. The molecule has 3 heteroatoms. The summed E-state index contributed by atoms with van der Waals surface area (Å²) < 4.78 is 2.25. The molecule has 0 radical (unpaired) electrons. The first kappa shape index (κ1) is 42.8. The molecule has 2 aliphatic carbocycles. The van der Waals surface area contributed by atoms with Crippen molar-refractivity contribution in [2.24, 2.45) is 11.8 Å². The highest BCUT2D eigenvalue weighted by Crippen LogP contribution is 2.65. The van der Waals surface area contributed by atoms with E-state index >= 15 is 0 Å². The van der Waals surface area contributed by atoms with Gasteiger partial charge in [0.25, 0.3) is 0 Å². The number of anilines is 3. The van der Waals surface area contributed by atoms with Crippen molar-refractivity contribution in [2.75, 3.05) is 4.90 Å². The van der Waals surface area contributed by atoms with Crippen LogP contribution in [0.3, 0.4) is 0 Å². The molecule has 0 amide bonds. The van der Waals surface area contributed by atoms with Crippen molar-refractivity contribution < 1.29 is 0 Å². The molecular weight excluding hydrogens is 858 g/mol. The Labute approximate surface area is 378 Å². The van der Waals surface area contributed by atoms with E-state index in [1.165, 1.54) is 104 Å². The van der Waals surface area contributed by atoms with Crippen LogP contribution < -0.4 is 4.90 Å². The molecule has 2 aliphatic rings. The second-order valence-electron chi connectivity index (χ2n) is 19.2. The van der Waals surface area contributed by atoms with Crippen molar-refractivity contribution >= 4 is 48.9 Å². The largest absolute Gasteiger partial charge is 0.309 e.